The molecule has 1 aromatic carbocycles. The Labute approximate surface area is 168 Å². The van der Waals surface area contributed by atoms with Crippen LogP contribution in [-0.4, -0.2) is 30.1 Å². The highest BCUT2D eigenvalue weighted by atomic mass is 32.1. The van der Waals surface area contributed by atoms with E-state index in [0.717, 1.165) is 0 Å². The number of benzene rings is 1. The maximum atomic E-state index is 12.6. The topological polar surface area (TPSA) is 89.5 Å². The zero-order valence-corrected chi connectivity index (χ0v) is 16.3. The van der Waals surface area contributed by atoms with E-state index < -0.39 is 17.1 Å². The van der Waals surface area contributed by atoms with Crippen LogP contribution < -0.4 is 15.4 Å². The molecule has 7 nitrogen and oxygen atoms in total. The quantitative estimate of drug-likeness (QED) is 0.738. The number of aryl methyl sites for hydroxylation is 1. The van der Waals surface area contributed by atoms with E-state index in [4.69, 9.17) is 9.47 Å². The highest BCUT2D eigenvalue weighted by molar-refractivity contribution is 7.13. The summed E-state index contributed by atoms with van der Waals surface area (Å²) in [5.74, 6) is -0.310. The monoisotopic (exact) mass is 429 g/mol. The number of rotatable bonds is 5. The third-order valence-electron chi connectivity index (χ3n) is 4.43. The number of hydrogen-bond acceptors (Lipinski definition) is 6. The van der Waals surface area contributed by atoms with Crippen LogP contribution in [0.25, 0.3) is 0 Å². The number of methoxy groups -OCH3 is 1. The Kier molecular flexibility index (Phi) is 6.08. The van der Waals surface area contributed by atoms with Crippen LogP contribution in [0.15, 0.2) is 24.4 Å². The lowest BCUT2D eigenvalue weighted by Gasteiger charge is -2.32. The molecule has 0 aliphatic heterocycles. The summed E-state index contributed by atoms with van der Waals surface area (Å²) in [6, 6.07) is 3.91. The van der Waals surface area contributed by atoms with Gasteiger partial charge in [-0.25, -0.2) is 9.78 Å². The summed E-state index contributed by atoms with van der Waals surface area (Å²) in [4.78, 5) is 26.7. The van der Waals surface area contributed by atoms with Gasteiger partial charge in [0.25, 0.3) is 5.19 Å². The van der Waals surface area contributed by atoms with Crippen LogP contribution in [0.2, 0.25) is 0 Å². The minimum Gasteiger partial charge on any atom is -0.431 e. The number of imide groups is 1. The maximum Gasteiger partial charge on any atom is 0.427 e. The summed E-state index contributed by atoms with van der Waals surface area (Å²) in [7, 11) is 1.57. The van der Waals surface area contributed by atoms with Gasteiger partial charge in [-0.2, -0.15) is 13.2 Å². The molecule has 1 aromatic heterocycles. The van der Waals surface area contributed by atoms with E-state index >= 15 is 0 Å². The van der Waals surface area contributed by atoms with Gasteiger partial charge in [0.2, 0.25) is 5.91 Å². The highest BCUT2D eigenvalue weighted by Gasteiger charge is 2.35. The first-order valence-corrected chi connectivity index (χ1v) is 9.43. The number of urea groups is 1. The number of nitrogens with one attached hydrogen (secondary N) is 2. The van der Waals surface area contributed by atoms with E-state index in [1.807, 2.05) is 0 Å². The van der Waals surface area contributed by atoms with Crippen LogP contribution in [0.4, 0.5) is 23.7 Å². The van der Waals surface area contributed by atoms with Gasteiger partial charge < -0.3 is 14.8 Å². The second kappa shape index (κ2) is 8.37. The summed E-state index contributed by atoms with van der Waals surface area (Å²) >= 11 is 0.393. The van der Waals surface area contributed by atoms with Crippen LogP contribution in [0.1, 0.15) is 23.3 Å². The molecule has 1 fully saturated rings. The van der Waals surface area contributed by atoms with Gasteiger partial charge in [0.15, 0.2) is 0 Å². The van der Waals surface area contributed by atoms with Crippen LogP contribution >= 0.6 is 11.3 Å². The lowest BCUT2D eigenvalue weighted by atomic mass is 9.81. The van der Waals surface area contributed by atoms with Crippen molar-refractivity contribution < 1.29 is 32.2 Å². The van der Waals surface area contributed by atoms with E-state index in [-0.39, 0.29) is 23.1 Å². The lowest BCUT2D eigenvalue weighted by molar-refractivity contribution is -0.134. The average Bonchev–Trinajstić information content (AvgIpc) is 3.05. The first-order chi connectivity index (χ1) is 13.7. The van der Waals surface area contributed by atoms with Crippen molar-refractivity contribution in [1.29, 1.82) is 0 Å². The van der Waals surface area contributed by atoms with Crippen molar-refractivity contribution in [3.05, 3.63) is 34.8 Å². The molecule has 1 saturated carbocycles. The second-order valence-electron chi connectivity index (χ2n) is 6.54. The van der Waals surface area contributed by atoms with Crippen molar-refractivity contribution in [3.8, 4) is 10.9 Å². The van der Waals surface area contributed by atoms with Crippen molar-refractivity contribution in [1.82, 2.24) is 10.3 Å². The number of carbonyl (C=O) groups is 2. The summed E-state index contributed by atoms with van der Waals surface area (Å²) in [6.45, 7) is 1.67. The smallest absolute Gasteiger partial charge is 0.427 e. The molecule has 1 aliphatic carbocycles. The summed E-state index contributed by atoms with van der Waals surface area (Å²) in [5.41, 5.74) is 0.971. The van der Waals surface area contributed by atoms with Crippen molar-refractivity contribution in [2.75, 3.05) is 12.4 Å². The molecule has 0 saturated heterocycles. The lowest BCUT2D eigenvalue weighted by Crippen LogP contribution is -2.45. The number of halogens is 3. The fourth-order valence-corrected chi connectivity index (χ4v) is 3.37. The molecule has 2 aromatic rings. The number of carbonyl (C=O) groups excluding carboxylic acids is 2. The van der Waals surface area contributed by atoms with E-state index in [1.165, 1.54) is 12.1 Å². The number of hydrogen-bond donors (Lipinski definition) is 2. The molecular weight excluding hydrogens is 411 g/mol. The minimum atomic E-state index is -4.48. The maximum absolute atomic E-state index is 12.6. The van der Waals surface area contributed by atoms with E-state index in [0.29, 0.717) is 47.4 Å². The molecule has 1 aliphatic rings. The first-order valence-electron chi connectivity index (χ1n) is 8.62. The number of amides is 3. The summed E-state index contributed by atoms with van der Waals surface area (Å²) in [6.07, 6.45) is -2.56. The molecule has 0 unspecified atom stereocenters. The highest BCUT2D eigenvalue weighted by Crippen LogP contribution is 2.38. The third kappa shape index (κ3) is 5.24. The predicted molar refractivity (Wildman–Crippen MR) is 99.1 cm³/mol. The van der Waals surface area contributed by atoms with Gasteiger partial charge in [-0.05, 0) is 43.5 Å². The minimum absolute atomic E-state index is 0.0500. The number of aromatic nitrogens is 1. The van der Waals surface area contributed by atoms with Crippen LogP contribution in [0, 0.1) is 12.8 Å². The summed E-state index contributed by atoms with van der Waals surface area (Å²) in [5, 5.41) is 4.67. The van der Waals surface area contributed by atoms with Gasteiger partial charge in [-0.15, -0.1) is 0 Å². The molecule has 0 radical (unpaired) electrons. The summed E-state index contributed by atoms with van der Waals surface area (Å²) < 4.78 is 48.4. The Morgan fingerprint density at radius 3 is 2.59 bits per heavy atom. The van der Waals surface area contributed by atoms with Crippen molar-refractivity contribution in [3.63, 3.8) is 0 Å². The molecule has 11 heteroatoms. The Morgan fingerprint density at radius 2 is 2.00 bits per heavy atom. The third-order valence-corrected chi connectivity index (χ3v) is 5.35. The normalized spacial score (nSPS) is 18.7. The van der Waals surface area contributed by atoms with Gasteiger partial charge in [0, 0.05) is 18.7 Å². The Bertz CT molecular complexity index is 910. The van der Waals surface area contributed by atoms with Gasteiger partial charge in [0.05, 0.1) is 12.3 Å². The molecule has 2 N–H and O–H groups in total. The first kappa shape index (κ1) is 21.1. The molecular formula is C18H18F3N3O4S. The van der Waals surface area contributed by atoms with Gasteiger partial charge >= 0.3 is 12.2 Å². The zero-order valence-electron chi connectivity index (χ0n) is 15.5. The van der Waals surface area contributed by atoms with Crippen LogP contribution in [0.5, 0.6) is 10.9 Å². The standard InChI is InChI=1S/C18H18F3N3O4S/c1-9-5-11(23-16(26)24-15(25)10-6-12(7-10)27-2)3-4-13(9)28-17-22-8-14(29-17)18(19,20)21/h3-5,8,10,12H,6-7H2,1-2H3,(H2,23,24,25,26). The van der Waals surface area contributed by atoms with Crippen LogP contribution in [0.3, 0.4) is 0 Å². The fourth-order valence-electron chi connectivity index (χ4n) is 2.72. The molecule has 3 rings (SSSR count). The molecule has 0 bridgehead atoms. The average molecular weight is 429 g/mol. The van der Waals surface area contributed by atoms with Gasteiger partial charge in [-0.3, -0.25) is 10.1 Å². The molecule has 3 amide bonds. The predicted octanol–water partition coefficient (Wildman–Crippen LogP) is 4.34. The van der Waals surface area contributed by atoms with E-state index in [9.17, 15) is 22.8 Å². The van der Waals surface area contributed by atoms with Gasteiger partial charge in [-0.1, -0.05) is 11.3 Å². The molecule has 29 heavy (non-hydrogen) atoms. The SMILES string of the molecule is COC1CC(C(=O)NC(=O)Nc2ccc(Oc3ncc(C(F)(F)F)s3)c(C)c2)C1. The molecule has 1 heterocycles. The van der Waals surface area contributed by atoms with Crippen molar-refractivity contribution in [2.24, 2.45) is 5.92 Å². The van der Waals surface area contributed by atoms with E-state index in [2.05, 4.69) is 15.6 Å². The molecule has 0 atom stereocenters. The molecule has 0 spiro atoms. The van der Waals surface area contributed by atoms with Gasteiger partial charge in [0.1, 0.15) is 10.6 Å². The number of alkyl halides is 3. The number of anilines is 1. The number of ether oxygens (including phenoxy) is 2. The van der Waals surface area contributed by atoms with Crippen molar-refractivity contribution in [2.45, 2.75) is 32.0 Å². The Balaban J connectivity index is 1.56. The Hall–Kier alpha value is -2.66. The van der Waals surface area contributed by atoms with Crippen molar-refractivity contribution >= 4 is 29.0 Å². The molecule has 156 valence electrons. The fraction of sp³-hybridized carbons (Fsp3) is 0.389. The van der Waals surface area contributed by atoms with Crippen LogP contribution in [-0.2, 0) is 15.7 Å². The largest absolute Gasteiger partial charge is 0.431 e. The number of nitrogens with zero attached hydrogens (tertiary/aromatic N) is 1. The second-order valence-corrected chi connectivity index (χ2v) is 7.53. The number of thiazole rings is 1. The Morgan fingerprint density at radius 1 is 1.28 bits per heavy atom. The van der Waals surface area contributed by atoms with E-state index in [1.54, 1.807) is 20.1 Å². The zero-order chi connectivity index (χ0) is 21.2.